The van der Waals surface area contributed by atoms with Gasteiger partial charge < -0.3 is 4.72 Å². The van der Waals surface area contributed by atoms with Gasteiger partial charge in [0.1, 0.15) is 5.82 Å². The highest BCUT2D eigenvalue weighted by atomic mass is 32.2. The first-order valence-corrected chi connectivity index (χ1v) is 8.08. The Labute approximate surface area is 139 Å². The van der Waals surface area contributed by atoms with Crippen molar-refractivity contribution >= 4 is 35.7 Å². The van der Waals surface area contributed by atoms with Crippen LogP contribution in [-0.4, -0.2) is 0 Å². The number of rotatable bonds is 5. The number of hydrogen-bond acceptors (Lipinski definition) is 4. The summed E-state index contributed by atoms with van der Waals surface area (Å²) in [5.41, 5.74) is 0.211. The van der Waals surface area contributed by atoms with Crippen LogP contribution in [0.2, 0.25) is 0 Å². The van der Waals surface area contributed by atoms with Crippen LogP contribution in [0.5, 0.6) is 0 Å². The van der Waals surface area contributed by atoms with E-state index in [4.69, 9.17) is 5.14 Å². The van der Waals surface area contributed by atoms with Crippen LogP contribution in [-0.2, 0) is 6.18 Å². The molecule has 0 amide bonds. The smallest absolute Gasteiger partial charge is 0.325 e. The molecule has 2 aromatic carbocycles. The number of halogens is 4. The van der Waals surface area contributed by atoms with Gasteiger partial charge in [-0.2, -0.15) is 13.2 Å². The molecule has 0 atom stereocenters. The van der Waals surface area contributed by atoms with Crippen LogP contribution in [0.4, 0.5) is 23.2 Å². The van der Waals surface area contributed by atoms with Gasteiger partial charge in [0.25, 0.3) is 0 Å². The molecule has 0 saturated carbocycles. The molecule has 0 aromatic heterocycles. The molecule has 0 aliphatic rings. The van der Waals surface area contributed by atoms with Gasteiger partial charge in [0, 0.05) is 0 Å². The van der Waals surface area contributed by atoms with Crippen molar-refractivity contribution in [2.75, 3.05) is 4.72 Å². The molecule has 23 heavy (non-hydrogen) atoms. The zero-order valence-electron chi connectivity index (χ0n) is 11.6. The van der Waals surface area contributed by atoms with E-state index in [0.29, 0.717) is 11.3 Å². The van der Waals surface area contributed by atoms with E-state index in [1.807, 2.05) is 0 Å². The van der Waals surface area contributed by atoms with Crippen LogP contribution in [0.3, 0.4) is 0 Å². The molecule has 0 spiro atoms. The maximum atomic E-state index is 13.5. The summed E-state index contributed by atoms with van der Waals surface area (Å²) in [5, 5.41) is 6.98. The minimum atomic E-state index is -4.37. The first kappa shape index (κ1) is 17.7. The zero-order chi connectivity index (χ0) is 16.9. The molecule has 3 N–H and O–H groups in total. The number of nitrogens with two attached hydrogens (primary N) is 1. The largest absolute Gasteiger partial charge is 0.416 e. The van der Waals surface area contributed by atoms with E-state index in [-0.39, 0.29) is 4.90 Å². The summed E-state index contributed by atoms with van der Waals surface area (Å²) >= 11 is 1.89. The normalized spacial score (nSPS) is 11.9. The molecule has 0 fully saturated rings. The average Bonchev–Trinajstić information content (AvgIpc) is 2.51. The molecule has 0 heterocycles. The van der Waals surface area contributed by atoms with Crippen molar-refractivity contribution in [3.8, 4) is 0 Å². The number of anilines is 1. The Balaban J connectivity index is 2.02. The highest BCUT2D eigenvalue weighted by molar-refractivity contribution is 8.03. The lowest BCUT2D eigenvalue weighted by Crippen LogP contribution is -2.04. The third kappa shape index (κ3) is 4.92. The maximum Gasteiger partial charge on any atom is 0.416 e. The van der Waals surface area contributed by atoms with Crippen LogP contribution < -0.4 is 9.86 Å². The molecule has 0 bridgehead atoms. The van der Waals surface area contributed by atoms with Crippen molar-refractivity contribution in [1.82, 2.24) is 0 Å². The van der Waals surface area contributed by atoms with E-state index in [2.05, 4.69) is 4.72 Å². The lowest BCUT2D eigenvalue weighted by Gasteiger charge is -2.08. The summed E-state index contributed by atoms with van der Waals surface area (Å²) < 4.78 is 54.2. The second-order valence-corrected chi connectivity index (χ2v) is 5.74. The van der Waals surface area contributed by atoms with Gasteiger partial charge in [-0.05, 0) is 65.2 Å². The first-order valence-electron chi connectivity index (χ1n) is 6.32. The Hall–Kier alpha value is -1.64. The van der Waals surface area contributed by atoms with E-state index >= 15 is 0 Å². The Kier molecular flexibility index (Phi) is 5.97. The fraction of sp³-hybridized carbons (Fsp3) is 0.0667. The summed E-state index contributed by atoms with van der Waals surface area (Å²) in [7, 11) is 0. The van der Waals surface area contributed by atoms with E-state index < -0.39 is 17.6 Å². The monoisotopic (exact) mass is 360 g/mol. The highest BCUT2D eigenvalue weighted by Crippen LogP contribution is 2.30. The molecule has 122 valence electrons. The molecule has 2 rings (SSSR count). The molecule has 2 nitrogen and oxygen atoms in total. The van der Waals surface area contributed by atoms with Crippen LogP contribution in [0.1, 0.15) is 11.1 Å². The molecule has 8 heteroatoms. The van der Waals surface area contributed by atoms with E-state index in [0.717, 1.165) is 36.0 Å². The van der Waals surface area contributed by atoms with E-state index in [1.54, 1.807) is 17.5 Å². The summed E-state index contributed by atoms with van der Waals surface area (Å²) in [6.07, 6.45) is -2.84. The molecule has 0 unspecified atom stereocenters. The van der Waals surface area contributed by atoms with Crippen LogP contribution in [0, 0.1) is 5.82 Å². The minimum Gasteiger partial charge on any atom is -0.325 e. The van der Waals surface area contributed by atoms with Gasteiger partial charge in [-0.25, -0.2) is 4.39 Å². The second kappa shape index (κ2) is 7.76. The minimum absolute atomic E-state index is 0.271. The Bertz CT molecular complexity index is 702. The molecule has 0 aliphatic carbocycles. The standard InChI is InChI=1S/C15H12F4N2S2/c16-12-5-2-6-13(14(12)23-20)21-22-8-7-10-3-1-4-11(9-10)15(17,18)19/h1-9,21H,20H2/b8-7+. The predicted molar refractivity (Wildman–Crippen MR) is 88.1 cm³/mol. The molecule has 0 radical (unpaired) electrons. The third-order valence-electron chi connectivity index (χ3n) is 2.80. The summed E-state index contributed by atoms with van der Waals surface area (Å²) in [6, 6.07) is 9.47. The predicted octanol–water partition coefficient (Wildman–Crippen LogP) is 5.54. The van der Waals surface area contributed by atoms with E-state index in [9.17, 15) is 17.6 Å². The third-order valence-corrected chi connectivity index (χ3v) is 4.06. The van der Waals surface area contributed by atoms with Gasteiger partial charge in [0.2, 0.25) is 0 Å². The molecule has 0 aliphatic heterocycles. The maximum absolute atomic E-state index is 13.5. The fourth-order valence-corrected chi connectivity index (χ4v) is 2.82. The Morgan fingerprint density at radius 1 is 1.09 bits per heavy atom. The zero-order valence-corrected chi connectivity index (χ0v) is 13.2. The number of hydrogen-bond donors (Lipinski definition) is 2. The molecular weight excluding hydrogens is 348 g/mol. The van der Waals surface area contributed by atoms with Crippen molar-refractivity contribution in [1.29, 1.82) is 0 Å². The van der Waals surface area contributed by atoms with Gasteiger partial charge in [-0.3, -0.25) is 5.14 Å². The SMILES string of the molecule is NSc1c(F)cccc1NS/C=C/c1cccc(C(F)(F)F)c1. The van der Waals surface area contributed by atoms with Crippen LogP contribution >= 0.6 is 23.9 Å². The molecule has 2 aromatic rings. The Morgan fingerprint density at radius 3 is 2.52 bits per heavy atom. The summed E-state index contributed by atoms with van der Waals surface area (Å²) in [5.74, 6) is -0.440. The number of nitrogens with one attached hydrogen (secondary N) is 1. The Morgan fingerprint density at radius 2 is 1.83 bits per heavy atom. The van der Waals surface area contributed by atoms with Crippen LogP contribution in [0.25, 0.3) is 6.08 Å². The topological polar surface area (TPSA) is 38.0 Å². The van der Waals surface area contributed by atoms with Crippen molar-refractivity contribution < 1.29 is 17.6 Å². The first-order chi connectivity index (χ1) is 10.9. The van der Waals surface area contributed by atoms with Crippen molar-refractivity contribution in [2.24, 2.45) is 5.14 Å². The van der Waals surface area contributed by atoms with Crippen molar-refractivity contribution in [3.05, 3.63) is 64.8 Å². The van der Waals surface area contributed by atoms with Gasteiger partial charge in [-0.15, -0.1) is 0 Å². The van der Waals surface area contributed by atoms with Gasteiger partial charge in [0.15, 0.2) is 0 Å². The van der Waals surface area contributed by atoms with Gasteiger partial charge in [0.05, 0.1) is 16.1 Å². The van der Waals surface area contributed by atoms with Gasteiger partial charge >= 0.3 is 6.18 Å². The van der Waals surface area contributed by atoms with E-state index in [1.165, 1.54) is 24.3 Å². The average molecular weight is 360 g/mol. The van der Waals surface area contributed by atoms with Crippen LogP contribution in [0.15, 0.2) is 52.8 Å². The quantitative estimate of drug-likeness (QED) is 0.542. The van der Waals surface area contributed by atoms with Crippen molar-refractivity contribution in [2.45, 2.75) is 11.1 Å². The number of benzene rings is 2. The molecule has 0 saturated heterocycles. The lowest BCUT2D eigenvalue weighted by atomic mass is 10.1. The fourth-order valence-electron chi connectivity index (χ4n) is 1.74. The van der Waals surface area contributed by atoms with Gasteiger partial charge in [-0.1, -0.05) is 18.2 Å². The van der Waals surface area contributed by atoms with Crippen molar-refractivity contribution in [3.63, 3.8) is 0 Å². The molecular formula is C15H12F4N2S2. The summed E-state index contributed by atoms with van der Waals surface area (Å²) in [4.78, 5) is 0.271. The summed E-state index contributed by atoms with van der Waals surface area (Å²) in [6.45, 7) is 0. The number of alkyl halides is 3. The lowest BCUT2D eigenvalue weighted by molar-refractivity contribution is -0.137. The second-order valence-electron chi connectivity index (χ2n) is 4.38. The highest BCUT2D eigenvalue weighted by Gasteiger charge is 2.30.